The lowest BCUT2D eigenvalue weighted by molar-refractivity contribution is -0.122. The van der Waals surface area contributed by atoms with Crippen molar-refractivity contribution in [2.45, 2.75) is 44.8 Å². The molecule has 1 fully saturated rings. The molecule has 0 radical (unpaired) electrons. The molecule has 0 heterocycles. The predicted octanol–water partition coefficient (Wildman–Crippen LogP) is 1.66. The number of aliphatic hydroxyl groups excluding tert-OH is 1. The lowest BCUT2D eigenvalue weighted by Crippen LogP contribution is -2.33. The molecule has 110 valence electrons. The van der Waals surface area contributed by atoms with Gasteiger partial charge in [-0.2, -0.15) is 0 Å². The molecule has 0 bridgehead atoms. The highest BCUT2D eigenvalue weighted by Gasteiger charge is 2.26. The zero-order valence-corrected chi connectivity index (χ0v) is 12.0. The zero-order valence-electron chi connectivity index (χ0n) is 12.0. The van der Waals surface area contributed by atoms with Crippen LogP contribution in [0.2, 0.25) is 0 Å². The summed E-state index contributed by atoms with van der Waals surface area (Å²) in [5.41, 5.74) is 7.87. The lowest BCUT2D eigenvalue weighted by Gasteiger charge is -2.17. The third-order valence-corrected chi connectivity index (χ3v) is 4.21. The molecule has 4 nitrogen and oxygen atoms in total. The highest BCUT2D eigenvalue weighted by atomic mass is 16.3. The molecule has 1 aromatic carbocycles. The van der Waals surface area contributed by atoms with E-state index in [0.29, 0.717) is 12.3 Å². The van der Waals surface area contributed by atoms with Gasteiger partial charge in [-0.05, 0) is 36.8 Å². The van der Waals surface area contributed by atoms with Gasteiger partial charge in [0.05, 0.1) is 6.10 Å². The Hall–Kier alpha value is -1.39. The summed E-state index contributed by atoms with van der Waals surface area (Å²) in [5.74, 6) is 0.283. The van der Waals surface area contributed by atoms with Gasteiger partial charge in [-0.1, -0.05) is 30.7 Å². The normalized spacial score (nSPS) is 23.6. The summed E-state index contributed by atoms with van der Waals surface area (Å²) in [6.07, 6.45) is 2.99. The van der Waals surface area contributed by atoms with Crippen LogP contribution in [-0.4, -0.2) is 23.6 Å². The number of carbonyl (C=O) groups is 1. The standard InChI is InChI=1S/C16H24N2O2/c1-11-5-2-3-7-13(11)15(19)10-18-16(20)9-12-6-4-8-14(12)17/h2-3,5,7,12,14-15,19H,4,6,8-10,17H2,1H3,(H,18,20)/t12-,14+,15?/m0/s1. The molecule has 0 aromatic heterocycles. The minimum absolute atomic E-state index is 0.0139. The quantitative estimate of drug-likeness (QED) is 0.765. The van der Waals surface area contributed by atoms with Crippen molar-refractivity contribution in [3.05, 3.63) is 35.4 Å². The number of aliphatic hydroxyl groups is 1. The molecule has 4 N–H and O–H groups in total. The monoisotopic (exact) mass is 276 g/mol. The third-order valence-electron chi connectivity index (χ3n) is 4.21. The number of carbonyl (C=O) groups excluding carboxylic acids is 1. The van der Waals surface area contributed by atoms with E-state index in [0.717, 1.165) is 30.4 Å². The Morgan fingerprint density at radius 3 is 2.85 bits per heavy atom. The van der Waals surface area contributed by atoms with E-state index in [1.807, 2.05) is 31.2 Å². The SMILES string of the molecule is Cc1ccccc1C(O)CNC(=O)C[C@@H]1CCC[C@H]1N. The first-order valence-corrected chi connectivity index (χ1v) is 7.34. The summed E-state index contributed by atoms with van der Waals surface area (Å²) in [6, 6.07) is 7.83. The van der Waals surface area contributed by atoms with E-state index in [2.05, 4.69) is 5.32 Å². The number of aryl methyl sites for hydroxylation is 1. The van der Waals surface area contributed by atoms with Gasteiger partial charge >= 0.3 is 0 Å². The van der Waals surface area contributed by atoms with Crippen LogP contribution in [0.25, 0.3) is 0 Å². The van der Waals surface area contributed by atoms with Crippen LogP contribution in [0, 0.1) is 12.8 Å². The topological polar surface area (TPSA) is 75.3 Å². The largest absolute Gasteiger partial charge is 0.387 e. The summed E-state index contributed by atoms with van der Waals surface area (Å²) < 4.78 is 0. The van der Waals surface area contributed by atoms with E-state index >= 15 is 0 Å². The van der Waals surface area contributed by atoms with Gasteiger partial charge in [0.25, 0.3) is 0 Å². The third kappa shape index (κ3) is 3.81. The van der Waals surface area contributed by atoms with Crippen LogP contribution in [0.5, 0.6) is 0 Å². The number of nitrogens with one attached hydrogen (secondary N) is 1. The van der Waals surface area contributed by atoms with Crippen LogP contribution in [0.1, 0.15) is 42.9 Å². The first-order chi connectivity index (χ1) is 9.58. The second-order valence-electron chi connectivity index (χ2n) is 5.74. The Kier molecular flexibility index (Phi) is 5.15. The molecular weight excluding hydrogens is 252 g/mol. The van der Waals surface area contributed by atoms with Crippen molar-refractivity contribution < 1.29 is 9.90 Å². The number of nitrogens with two attached hydrogens (primary N) is 1. The van der Waals surface area contributed by atoms with E-state index in [1.165, 1.54) is 0 Å². The van der Waals surface area contributed by atoms with Crippen LogP contribution in [-0.2, 0) is 4.79 Å². The fourth-order valence-corrected chi connectivity index (χ4v) is 2.91. The van der Waals surface area contributed by atoms with Crippen molar-refractivity contribution >= 4 is 5.91 Å². The molecule has 4 heteroatoms. The Labute approximate surface area is 120 Å². The average Bonchev–Trinajstić information content (AvgIpc) is 2.82. The van der Waals surface area contributed by atoms with Crippen molar-refractivity contribution in [1.29, 1.82) is 0 Å². The van der Waals surface area contributed by atoms with Crippen molar-refractivity contribution in [3.8, 4) is 0 Å². The molecule has 1 aliphatic rings. The van der Waals surface area contributed by atoms with Crippen molar-refractivity contribution in [3.63, 3.8) is 0 Å². The highest BCUT2D eigenvalue weighted by Crippen LogP contribution is 2.26. The molecule has 20 heavy (non-hydrogen) atoms. The Morgan fingerprint density at radius 1 is 1.45 bits per heavy atom. The van der Waals surface area contributed by atoms with Crippen LogP contribution in [0.15, 0.2) is 24.3 Å². The van der Waals surface area contributed by atoms with E-state index < -0.39 is 6.10 Å². The molecule has 1 unspecified atom stereocenters. The number of benzene rings is 1. The van der Waals surface area contributed by atoms with Gasteiger partial charge in [0.2, 0.25) is 5.91 Å². The van der Waals surface area contributed by atoms with Gasteiger partial charge in [-0.3, -0.25) is 4.79 Å². The van der Waals surface area contributed by atoms with Gasteiger partial charge in [0, 0.05) is 19.0 Å². The van der Waals surface area contributed by atoms with Crippen molar-refractivity contribution in [2.24, 2.45) is 11.7 Å². The maximum absolute atomic E-state index is 11.9. The first kappa shape index (κ1) is 15.0. The van der Waals surface area contributed by atoms with Crippen LogP contribution in [0.4, 0.5) is 0 Å². The summed E-state index contributed by atoms with van der Waals surface area (Å²) in [4.78, 5) is 11.9. The summed E-state index contributed by atoms with van der Waals surface area (Å²) in [6.45, 7) is 2.21. The second-order valence-corrected chi connectivity index (χ2v) is 5.74. The molecule has 3 atom stereocenters. The van der Waals surface area contributed by atoms with E-state index in [1.54, 1.807) is 0 Å². The molecule has 0 saturated heterocycles. The smallest absolute Gasteiger partial charge is 0.220 e. The Bertz CT molecular complexity index is 462. The summed E-state index contributed by atoms with van der Waals surface area (Å²) in [7, 11) is 0. The van der Waals surface area contributed by atoms with Crippen molar-refractivity contribution in [1.82, 2.24) is 5.32 Å². The van der Waals surface area contributed by atoms with Gasteiger partial charge < -0.3 is 16.2 Å². The Balaban J connectivity index is 1.80. The van der Waals surface area contributed by atoms with Crippen LogP contribution in [0.3, 0.4) is 0 Å². The molecule has 1 amide bonds. The van der Waals surface area contributed by atoms with Gasteiger partial charge in [-0.25, -0.2) is 0 Å². The lowest BCUT2D eigenvalue weighted by atomic mass is 9.99. The zero-order chi connectivity index (χ0) is 14.5. The molecule has 1 aliphatic carbocycles. The van der Waals surface area contributed by atoms with E-state index in [-0.39, 0.29) is 18.5 Å². The molecule has 1 aromatic rings. The minimum atomic E-state index is -0.655. The maximum atomic E-state index is 11.9. The fourth-order valence-electron chi connectivity index (χ4n) is 2.91. The summed E-state index contributed by atoms with van der Waals surface area (Å²) in [5, 5.41) is 12.9. The molecule has 0 spiro atoms. The fraction of sp³-hybridized carbons (Fsp3) is 0.562. The van der Waals surface area contributed by atoms with Crippen LogP contribution >= 0.6 is 0 Å². The maximum Gasteiger partial charge on any atom is 0.220 e. The van der Waals surface area contributed by atoms with Crippen molar-refractivity contribution in [2.75, 3.05) is 6.54 Å². The number of amides is 1. The van der Waals surface area contributed by atoms with Gasteiger partial charge in [0.15, 0.2) is 0 Å². The van der Waals surface area contributed by atoms with Crippen LogP contribution < -0.4 is 11.1 Å². The van der Waals surface area contributed by atoms with E-state index in [4.69, 9.17) is 5.73 Å². The number of rotatable bonds is 5. The second kappa shape index (κ2) is 6.86. The minimum Gasteiger partial charge on any atom is -0.387 e. The highest BCUT2D eigenvalue weighted by molar-refractivity contribution is 5.76. The molecule has 0 aliphatic heterocycles. The number of hydrogen-bond donors (Lipinski definition) is 3. The first-order valence-electron chi connectivity index (χ1n) is 7.34. The summed E-state index contributed by atoms with van der Waals surface area (Å²) >= 11 is 0. The predicted molar refractivity (Wildman–Crippen MR) is 79.1 cm³/mol. The number of hydrogen-bond acceptors (Lipinski definition) is 3. The average molecular weight is 276 g/mol. The molecule has 2 rings (SSSR count). The van der Waals surface area contributed by atoms with Gasteiger partial charge in [0.1, 0.15) is 0 Å². The Morgan fingerprint density at radius 2 is 2.20 bits per heavy atom. The van der Waals surface area contributed by atoms with Gasteiger partial charge in [-0.15, -0.1) is 0 Å². The van der Waals surface area contributed by atoms with E-state index in [9.17, 15) is 9.90 Å². The molecule has 1 saturated carbocycles. The molecular formula is C16H24N2O2.